The lowest BCUT2D eigenvalue weighted by Crippen LogP contribution is -2.35. The summed E-state index contributed by atoms with van der Waals surface area (Å²) in [7, 11) is 0. The van der Waals surface area contributed by atoms with Crippen molar-refractivity contribution < 1.29 is 37.8 Å². The normalized spacial score (nSPS) is 13.2. The van der Waals surface area contributed by atoms with Crippen LogP contribution in [-0.2, 0) is 23.8 Å². The highest BCUT2D eigenvalue weighted by Gasteiger charge is 2.29. The number of benzene rings is 1. The lowest BCUT2D eigenvalue weighted by Gasteiger charge is -2.18. The van der Waals surface area contributed by atoms with Crippen LogP contribution in [0.2, 0.25) is 0 Å². The van der Waals surface area contributed by atoms with Crippen LogP contribution < -0.4 is 16.0 Å². The highest BCUT2D eigenvalue weighted by Crippen LogP contribution is 2.35. The first kappa shape index (κ1) is 35.4. The Hall–Kier alpha value is -4.07. The molecular weight excluding hydrogens is 585 g/mol. The summed E-state index contributed by atoms with van der Waals surface area (Å²) in [4.78, 5) is 53.5. The van der Waals surface area contributed by atoms with Gasteiger partial charge in [-0.1, -0.05) is 13.8 Å². The molecule has 0 spiro atoms. The number of nitrogens with zero attached hydrogens (tertiary/aromatic N) is 2. The Labute approximate surface area is 263 Å². The van der Waals surface area contributed by atoms with E-state index in [0.29, 0.717) is 55.4 Å². The molecule has 0 radical (unpaired) electrons. The summed E-state index contributed by atoms with van der Waals surface area (Å²) >= 11 is 0. The van der Waals surface area contributed by atoms with Crippen LogP contribution in [0.15, 0.2) is 18.2 Å². The number of halogens is 1. The summed E-state index contributed by atoms with van der Waals surface area (Å²) in [5.41, 5.74) is 2.29. The Morgan fingerprint density at radius 3 is 2.47 bits per heavy atom. The summed E-state index contributed by atoms with van der Waals surface area (Å²) in [6.07, 6.45) is 0.967. The smallest absolute Gasteiger partial charge is 0.418 e. The number of rotatable bonds is 17. The SMILES string of the molecule is CCOCCC(=O)NCCOCCOC(=O)n1c(C)c(C(=O)NCCN(CC)CC)c(C)c1/C=C1\C(=O)Nc2ccc(F)cc21. The average Bonchev–Trinajstić information content (AvgIpc) is 3.45. The quantitative estimate of drug-likeness (QED) is 0.179. The number of anilines is 1. The van der Waals surface area contributed by atoms with E-state index < -0.39 is 17.8 Å². The fourth-order valence-corrected chi connectivity index (χ4v) is 5.01. The van der Waals surface area contributed by atoms with Gasteiger partial charge in [-0.05, 0) is 63.7 Å². The highest BCUT2D eigenvalue weighted by molar-refractivity contribution is 6.35. The Kier molecular flexibility index (Phi) is 13.7. The van der Waals surface area contributed by atoms with Crippen LogP contribution in [0.25, 0.3) is 11.6 Å². The maximum absolute atomic E-state index is 14.1. The summed E-state index contributed by atoms with van der Waals surface area (Å²) < 4.78 is 31.5. The summed E-state index contributed by atoms with van der Waals surface area (Å²) in [6.45, 7) is 13.4. The third-order valence-electron chi connectivity index (χ3n) is 7.46. The lowest BCUT2D eigenvalue weighted by molar-refractivity contribution is -0.122. The van der Waals surface area contributed by atoms with Gasteiger partial charge in [0.1, 0.15) is 12.4 Å². The molecule has 13 heteroatoms. The van der Waals surface area contributed by atoms with Crippen molar-refractivity contribution in [2.75, 3.05) is 71.1 Å². The maximum atomic E-state index is 14.1. The monoisotopic (exact) mass is 629 g/mol. The van der Waals surface area contributed by atoms with E-state index in [0.717, 1.165) is 13.1 Å². The highest BCUT2D eigenvalue weighted by atomic mass is 19.1. The molecule has 0 fully saturated rings. The van der Waals surface area contributed by atoms with Crippen molar-refractivity contribution >= 4 is 41.2 Å². The zero-order valence-corrected chi connectivity index (χ0v) is 26.7. The van der Waals surface area contributed by atoms with Gasteiger partial charge in [-0.15, -0.1) is 0 Å². The van der Waals surface area contributed by atoms with Crippen molar-refractivity contribution in [1.29, 1.82) is 0 Å². The minimum absolute atomic E-state index is 0.0734. The Bertz CT molecular complexity index is 1400. The molecule has 246 valence electrons. The molecule has 2 heterocycles. The molecule has 0 aliphatic carbocycles. The molecule has 3 amide bonds. The third kappa shape index (κ3) is 9.46. The van der Waals surface area contributed by atoms with Gasteiger partial charge in [0.15, 0.2) is 0 Å². The molecule has 0 unspecified atom stereocenters. The number of hydrogen-bond acceptors (Lipinski definition) is 8. The average molecular weight is 630 g/mol. The van der Waals surface area contributed by atoms with Crippen LogP contribution in [0.4, 0.5) is 14.9 Å². The van der Waals surface area contributed by atoms with Gasteiger partial charge in [-0.25, -0.2) is 13.8 Å². The predicted octanol–water partition coefficient (Wildman–Crippen LogP) is 3.35. The van der Waals surface area contributed by atoms with E-state index in [-0.39, 0.29) is 54.9 Å². The number of likely N-dealkylation sites (N-methyl/N-ethyl adjacent to an activating group) is 1. The fourth-order valence-electron chi connectivity index (χ4n) is 5.01. The van der Waals surface area contributed by atoms with Gasteiger partial charge >= 0.3 is 6.09 Å². The number of carbonyl (C=O) groups is 4. The molecule has 2 aromatic rings. The number of hydrogen-bond donors (Lipinski definition) is 3. The number of nitrogens with one attached hydrogen (secondary N) is 3. The largest absolute Gasteiger partial charge is 0.446 e. The van der Waals surface area contributed by atoms with E-state index in [2.05, 4.69) is 20.9 Å². The Balaban J connectivity index is 1.77. The van der Waals surface area contributed by atoms with Gasteiger partial charge < -0.3 is 35.1 Å². The van der Waals surface area contributed by atoms with Crippen molar-refractivity contribution in [1.82, 2.24) is 20.1 Å². The molecule has 0 saturated heterocycles. The third-order valence-corrected chi connectivity index (χ3v) is 7.46. The van der Waals surface area contributed by atoms with Crippen LogP contribution in [0, 0.1) is 19.7 Å². The molecule has 1 aromatic heterocycles. The maximum Gasteiger partial charge on any atom is 0.418 e. The van der Waals surface area contributed by atoms with Crippen LogP contribution >= 0.6 is 0 Å². The van der Waals surface area contributed by atoms with E-state index in [9.17, 15) is 23.6 Å². The van der Waals surface area contributed by atoms with Crippen LogP contribution in [0.1, 0.15) is 60.1 Å². The molecule has 3 N–H and O–H groups in total. The van der Waals surface area contributed by atoms with Crippen molar-refractivity contribution in [3.8, 4) is 0 Å². The zero-order valence-electron chi connectivity index (χ0n) is 26.7. The van der Waals surface area contributed by atoms with Gasteiger partial charge in [0.05, 0.1) is 36.7 Å². The molecule has 1 aliphatic rings. The topological polar surface area (TPSA) is 140 Å². The predicted molar refractivity (Wildman–Crippen MR) is 169 cm³/mol. The molecule has 1 aliphatic heterocycles. The zero-order chi connectivity index (χ0) is 32.9. The Morgan fingerprint density at radius 2 is 1.76 bits per heavy atom. The first-order valence-electron chi connectivity index (χ1n) is 15.3. The molecule has 12 nitrogen and oxygen atoms in total. The number of carbonyl (C=O) groups excluding carboxylic acids is 4. The van der Waals surface area contributed by atoms with E-state index in [4.69, 9.17) is 14.2 Å². The lowest BCUT2D eigenvalue weighted by atomic mass is 10.0. The van der Waals surface area contributed by atoms with Crippen LogP contribution in [0.3, 0.4) is 0 Å². The van der Waals surface area contributed by atoms with E-state index in [1.54, 1.807) is 13.8 Å². The van der Waals surface area contributed by atoms with Crippen molar-refractivity contribution in [3.63, 3.8) is 0 Å². The molecule has 3 rings (SSSR count). The first-order valence-corrected chi connectivity index (χ1v) is 15.3. The molecule has 0 bridgehead atoms. The van der Waals surface area contributed by atoms with Crippen LogP contribution in [-0.4, -0.2) is 99.0 Å². The van der Waals surface area contributed by atoms with E-state index >= 15 is 0 Å². The van der Waals surface area contributed by atoms with Crippen molar-refractivity contribution in [3.05, 3.63) is 52.1 Å². The minimum Gasteiger partial charge on any atom is -0.446 e. The van der Waals surface area contributed by atoms with E-state index in [1.807, 2.05) is 20.8 Å². The van der Waals surface area contributed by atoms with Crippen molar-refractivity contribution in [2.24, 2.45) is 0 Å². The number of ether oxygens (including phenoxy) is 3. The molecule has 45 heavy (non-hydrogen) atoms. The number of aromatic nitrogens is 1. The van der Waals surface area contributed by atoms with Crippen LogP contribution in [0.5, 0.6) is 0 Å². The summed E-state index contributed by atoms with van der Waals surface area (Å²) in [5, 5.41) is 8.35. The molecule has 0 atom stereocenters. The summed E-state index contributed by atoms with van der Waals surface area (Å²) in [6, 6.07) is 3.96. The second kappa shape index (κ2) is 17.4. The van der Waals surface area contributed by atoms with Gasteiger partial charge in [-0.3, -0.25) is 14.4 Å². The number of amides is 3. The van der Waals surface area contributed by atoms with E-state index in [1.165, 1.54) is 28.8 Å². The standard InChI is InChI=1S/C32H44FN5O7/c1-6-37(7-2)14-12-35-31(41)29-21(4)27(20-25-24-19-23(33)9-10-26(24)36-30(25)40)38(22(29)5)32(42)45-18-17-44-16-13-34-28(39)11-15-43-8-3/h9-10,19-20H,6-8,11-18H2,1-5H3,(H,34,39)(H,35,41)(H,36,40)/b25-20-. The van der Waals surface area contributed by atoms with Gasteiger partial charge in [0, 0.05) is 49.6 Å². The van der Waals surface area contributed by atoms with Crippen molar-refractivity contribution in [2.45, 2.75) is 41.0 Å². The molecular formula is C32H44FN5O7. The summed E-state index contributed by atoms with van der Waals surface area (Å²) in [5.74, 6) is -1.49. The van der Waals surface area contributed by atoms with Gasteiger partial charge in [0.25, 0.3) is 11.8 Å². The van der Waals surface area contributed by atoms with Gasteiger partial charge in [0.2, 0.25) is 5.91 Å². The Morgan fingerprint density at radius 1 is 1.00 bits per heavy atom. The minimum atomic E-state index is -0.768. The molecule has 0 saturated carbocycles. The fraction of sp³-hybridized carbons (Fsp3) is 0.500. The molecule has 1 aromatic carbocycles. The second-order valence-electron chi connectivity index (χ2n) is 10.3. The first-order chi connectivity index (χ1) is 21.6. The number of fused-ring (bicyclic) bond motifs is 1. The van der Waals surface area contributed by atoms with Gasteiger partial charge in [-0.2, -0.15) is 0 Å². The second-order valence-corrected chi connectivity index (χ2v) is 10.3.